The van der Waals surface area contributed by atoms with E-state index in [1.165, 1.54) is 0 Å². The van der Waals surface area contributed by atoms with Gasteiger partial charge >= 0.3 is 0 Å². The van der Waals surface area contributed by atoms with Crippen molar-refractivity contribution >= 4 is 8.32 Å². The second kappa shape index (κ2) is 12.8. The Morgan fingerprint density at radius 2 is 1.42 bits per heavy atom. The van der Waals surface area contributed by atoms with E-state index >= 15 is 0 Å². The molecule has 3 atom stereocenters. The summed E-state index contributed by atoms with van der Waals surface area (Å²) in [6, 6.07) is 28.5. The average molecular weight is 599 g/mol. The molecular formula is C37H46O5Si. The van der Waals surface area contributed by atoms with Gasteiger partial charge in [0.15, 0.2) is 14.1 Å². The molecule has 43 heavy (non-hydrogen) atoms. The molecule has 0 aromatic heterocycles. The Labute approximate surface area is 259 Å². The highest BCUT2D eigenvalue weighted by molar-refractivity contribution is 6.74. The Balaban J connectivity index is 1.72. The zero-order chi connectivity index (χ0) is 31.5. The number of hydrogen-bond donors (Lipinski definition) is 0. The van der Waals surface area contributed by atoms with E-state index in [-0.39, 0.29) is 11.6 Å². The molecule has 0 radical (unpaired) electrons. The van der Waals surface area contributed by atoms with Crippen molar-refractivity contribution in [2.75, 3.05) is 13.7 Å². The Morgan fingerprint density at radius 1 is 0.907 bits per heavy atom. The second-order valence-electron chi connectivity index (χ2n) is 13.1. The van der Waals surface area contributed by atoms with Crippen molar-refractivity contribution in [1.82, 2.24) is 0 Å². The molecule has 1 heterocycles. The molecule has 1 unspecified atom stereocenters. The molecule has 1 fully saturated rings. The lowest BCUT2D eigenvalue weighted by atomic mass is 9.80. The van der Waals surface area contributed by atoms with Crippen LogP contribution >= 0.6 is 0 Å². The molecule has 0 aliphatic carbocycles. The highest BCUT2D eigenvalue weighted by atomic mass is 28.4. The molecule has 4 rings (SSSR count). The second-order valence-corrected chi connectivity index (χ2v) is 17.8. The Morgan fingerprint density at radius 3 is 1.88 bits per heavy atom. The standard InChI is InChI=1S/C37H46O5Si/c1-11-32(42-43(9,10)35(3,4)5)34-33(40-36(6,7)41-34)27(2)26-39-37(28-18-14-12-15-19-28,29-20-16-13-17-21-29)30-22-24-31(38-8)25-23-30/h1,12-25,32-34H,2,26H2,3-10H3/t32?,33-,34+/m1/s1. The smallest absolute Gasteiger partial charge is 0.193 e. The molecular weight excluding hydrogens is 552 g/mol. The molecule has 6 heteroatoms. The third kappa shape index (κ3) is 6.98. The minimum absolute atomic E-state index is 0.0178. The number of terminal acetylenes is 1. The Hall–Kier alpha value is -3.18. The molecule has 0 amide bonds. The maximum absolute atomic E-state index is 7.06. The molecule has 0 bridgehead atoms. The molecule has 1 saturated heterocycles. The zero-order valence-corrected chi connectivity index (χ0v) is 27.8. The molecule has 0 saturated carbocycles. The number of rotatable bonds is 11. The van der Waals surface area contributed by atoms with Gasteiger partial charge in [-0.05, 0) is 66.4 Å². The summed E-state index contributed by atoms with van der Waals surface area (Å²) in [4.78, 5) is 0. The van der Waals surface area contributed by atoms with Gasteiger partial charge in [-0.2, -0.15) is 0 Å². The van der Waals surface area contributed by atoms with E-state index in [1.54, 1.807) is 7.11 Å². The number of hydrogen-bond acceptors (Lipinski definition) is 5. The van der Waals surface area contributed by atoms with Crippen LogP contribution in [0.25, 0.3) is 0 Å². The Kier molecular flexibility index (Phi) is 9.75. The van der Waals surface area contributed by atoms with Crippen LogP contribution in [0, 0.1) is 12.3 Å². The van der Waals surface area contributed by atoms with Crippen molar-refractivity contribution < 1.29 is 23.4 Å². The molecule has 0 N–H and O–H groups in total. The minimum atomic E-state index is -2.21. The third-order valence-electron chi connectivity index (χ3n) is 8.55. The zero-order valence-electron chi connectivity index (χ0n) is 26.8. The summed E-state index contributed by atoms with van der Waals surface area (Å²) in [5.41, 5.74) is 2.72. The van der Waals surface area contributed by atoms with Gasteiger partial charge in [-0.15, -0.1) is 6.42 Å². The van der Waals surface area contributed by atoms with Crippen molar-refractivity contribution in [3.8, 4) is 18.1 Å². The highest BCUT2D eigenvalue weighted by Crippen LogP contribution is 2.43. The first-order chi connectivity index (χ1) is 20.2. The van der Waals surface area contributed by atoms with E-state index in [0.29, 0.717) is 0 Å². The van der Waals surface area contributed by atoms with Gasteiger partial charge < -0.3 is 23.4 Å². The van der Waals surface area contributed by atoms with E-state index < -0.39 is 38.0 Å². The number of methoxy groups -OCH3 is 1. The molecule has 1 aliphatic heterocycles. The van der Waals surface area contributed by atoms with E-state index in [0.717, 1.165) is 28.0 Å². The third-order valence-corrected chi connectivity index (χ3v) is 13.0. The fourth-order valence-corrected chi connectivity index (χ4v) is 6.41. The quantitative estimate of drug-likeness (QED) is 0.0966. The lowest BCUT2D eigenvalue weighted by Gasteiger charge is -2.40. The Bertz CT molecular complexity index is 1360. The SMILES string of the molecule is C#CC(O[Si](C)(C)C(C)(C)C)[C@@H]1OC(C)(C)O[C@@H]1C(=C)COC(c1ccccc1)(c1ccccc1)c1ccc(OC)cc1. The summed E-state index contributed by atoms with van der Waals surface area (Å²) >= 11 is 0. The van der Waals surface area contributed by atoms with Gasteiger partial charge in [0.05, 0.1) is 13.7 Å². The van der Waals surface area contributed by atoms with Gasteiger partial charge in [0.1, 0.15) is 29.7 Å². The van der Waals surface area contributed by atoms with Crippen LogP contribution in [0.5, 0.6) is 5.75 Å². The normalized spacial score (nSPS) is 19.4. The van der Waals surface area contributed by atoms with E-state index in [2.05, 4.69) is 70.6 Å². The minimum Gasteiger partial charge on any atom is -0.497 e. The molecule has 1 aliphatic rings. The average Bonchev–Trinajstić information content (AvgIpc) is 3.32. The predicted octanol–water partition coefficient (Wildman–Crippen LogP) is 8.10. The molecule has 0 spiro atoms. The number of benzene rings is 3. The van der Waals surface area contributed by atoms with Gasteiger partial charge in [-0.3, -0.25) is 0 Å². The fraction of sp³-hybridized carbons (Fsp3) is 0.405. The maximum Gasteiger partial charge on any atom is 0.193 e. The first kappa shape index (κ1) is 32.7. The number of ether oxygens (including phenoxy) is 4. The summed E-state index contributed by atoms with van der Waals surface area (Å²) in [6.07, 6.45) is 4.43. The van der Waals surface area contributed by atoms with Gasteiger partial charge in [0.2, 0.25) is 0 Å². The van der Waals surface area contributed by atoms with Crippen molar-refractivity contribution in [1.29, 1.82) is 0 Å². The lowest BCUT2D eigenvalue weighted by Crippen LogP contribution is -2.49. The first-order valence-corrected chi connectivity index (χ1v) is 17.7. The van der Waals surface area contributed by atoms with E-state index in [9.17, 15) is 0 Å². The lowest BCUT2D eigenvalue weighted by molar-refractivity contribution is -0.150. The summed E-state index contributed by atoms with van der Waals surface area (Å²) in [5.74, 6) is 2.77. The van der Waals surface area contributed by atoms with Crippen LogP contribution in [0.3, 0.4) is 0 Å². The van der Waals surface area contributed by atoms with Gasteiger partial charge in [-0.25, -0.2) is 0 Å². The molecule has 3 aromatic carbocycles. The first-order valence-electron chi connectivity index (χ1n) is 14.8. The molecule has 5 nitrogen and oxygen atoms in total. The van der Waals surface area contributed by atoms with Crippen molar-refractivity contribution in [2.24, 2.45) is 0 Å². The van der Waals surface area contributed by atoms with Crippen LogP contribution in [-0.4, -0.2) is 46.1 Å². The van der Waals surface area contributed by atoms with Crippen LogP contribution in [0.4, 0.5) is 0 Å². The largest absolute Gasteiger partial charge is 0.497 e. The van der Waals surface area contributed by atoms with E-state index in [4.69, 9.17) is 29.8 Å². The monoisotopic (exact) mass is 598 g/mol. The molecule has 3 aromatic rings. The molecule has 228 valence electrons. The van der Waals surface area contributed by atoms with Gasteiger partial charge in [0, 0.05) is 0 Å². The van der Waals surface area contributed by atoms with Crippen molar-refractivity contribution in [3.05, 3.63) is 114 Å². The summed E-state index contributed by atoms with van der Waals surface area (Å²) in [5, 5.41) is -0.0178. The van der Waals surface area contributed by atoms with Crippen LogP contribution in [-0.2, 0) is 24.2 Å². The maximum atomic E-state index is 7.06. The van der Waals surface area contributed by atoms with Crippen LogP contribution in [0.15, 0.2) is 97.1 Å². The summed E-state index contributed by atoms with van der Waals surface area (Å²) < 4.78 is 32.1. The summed E-state index contributed by atoms with van der Waals surface area (Å²) in [6.45, 7) is 19.4. The predicted molar refractivity (Wildman–Crippen MR) is 176 cm³/mol. The van der Waals surface area contributed by atoms with Gasteiger partial charge in [0.25, 0.3) is 0 Å². The van der Waals surface area contributed by atoms with Crippen molar-refractivity contribution in [3.63, 3.8) is 0 Å². The fourth-order valence-electron chi connectivity index (χ4n) is 5.22. The topological polar surface area (TPSA) is 46.2 Å². The highest BCUT2D eigenvalue weighted by Gasteiger charge is 2.50. The summed E-state index contributed by atoms with van der Waals surface area (Å²) in [7, 11) is -0.541. The van der Waals surface area contributed by atoms with Gasteiger partial charge in [-0.1, -0.05) is 106 Å². The van der Waals surface area contributed by atoms with Crippen LogP contribution < -0.4 is 4.74 Å². The van der Waals surface area contributed by atoms with Crippen LogP contribution in [0.2, 0.25) is 18.1 Å². The van der Waals surface area contributed by atoms with E-state index in [1.807, 2.05) is 74.5 Å². The van der Waals surface area contributed by atoms with Crippen LogP contribution in [0.1, 0.15) is 51.3 Å². The van der Waals surface area contributed by atoms with Crippen molar-refractivity contribution in [2.45, 2.75) is 82.5 Å².